The maximum absolute atomic E-state index is 5.93. The van der Waals surface area contributed by atoms with Crippen LogP contribution in [0, 0.1) is 0 Å². The molecule has 0 amide bonds. The Labute approximate surface area is 98.1 Å². The van der Waals surface area contributed by atoms with Gasteiger partial charge in [-0.15, -0.1) is 0 Å². The molecule has 0 fully saturated rings. The van der Waals surface area contributed by atoms with E-state index >= 15 is 0 Å². The Balaban J connectivity index is 2.72. The highest BCUT2D eigenvalue weighted by Crippen LogP contribution is 2.31. The summed E-state index contributed by atoms with van der Waals surface area (Å²) in [7, 11) is 1.64. The second-order valence-corrected chi connectivity index (χ2v) is 3.89. The molecule has 0 saturated heterocycles. The third-order valence-corrected chi connectivity index (χ3v) is 2.67. The van der Waals surface area contributed by atoms with Gasteiger partial charge in [-0.05, 0) is 12.1 Å². The van der Waals surface area contributed by atoms with Gasteiger partial charge < -0.3 is 10.1 Å². The fraction of sp³-hybridized carbons (Fsp3) is 0.333. The van der Waals surface area contributed by atoms with Crippen molar-refractivity contribution in [3.63, 3.8) is 0 Å². The van der Waals surface area contributed by atoms with Gasteiger partial charge in [-0.25, -0.2) is 0 Å². The first kappa shape index (κ1) is 11.9. The second kappa shape index (κ2) is 5.66. The van der Waals surface area contributed by atoms with Gasteiger partial charge in [0.05, 0.1) is 27.4 Å². The zero-order valence-electron chi connectivity index (χ0n) is 7.61. The molecule has 1 aromatic rings. The van der Waals surface area contributed by atoms with E-state index in [1.165, 1.54) is 0 Å². The summed E-state index contributed by atoms with van der Waals surface area (Å²) in [6.45, 7) is 1.28. The number of benzene rings is 1. The topological polar surface area (TPSA) is 21.3 Å². The van der Waals surface area contributed by atoms with Crippen LogP contribution in [0.5, 0.6) is 0 Å². The van der Waals surface area contributed by atoms with Crippen LogP contribution in [0.2, 0.25) is 15.1 Å². The van der Waals surface area contributed by atoms with Gasteiger partial charge in [-0.2, -0.15) is 0 Å². The van der Waals surface area contributed by atoms with Crippen LogP contribution >= 0.6 is 34.8 Å². The molecule has 0 radical (unpaired) electrons. The van der Waals surface area contributed by atoms with Crippen LogP contribution in [0.15, 0.2) is 12.1 Å². The van der Waals surface area contributed by atoms with E-state index in [-0.39, 0.29) is 0 Å². The number of nitrogens with one attached hydrogen (secondary N) is 1. The lowest BCUT2D eigenvalue weighted by Gasteiger charge is -2.08. The molecule has 0 aliphatic heterocycles. The molecule has 0 bridgehead atoms. The molecule has 14 heavy (non-hydrogen) atoms. The van der Waals surface area contributed by atoms with E-state index in [2.05, 4.69) is 5.32 Å². The average molecular weight is 255 g/mol. The number of rotatable bonds is 4. The summed E-state index contributed by atoms with van der Waals surface area (Å²) < 4.78 is 4.89. The molecule has 2 nitrogen and oxygen atoms in total. The van der Waals surface area contributed by atoms with E-state index in [1.807, 2.05) is 0 Å². The predicted molar refractivity (Wildman–Crippen MR) is 61.8 cm³/mol. The van der Waals surface area contributed by atoms with Crippen molar-refractivity contribution in [3.8, 4) is 0 Å². The number of hydrogen-bond acceptors (Lipinski definition) is 2. The van der Waals surface area contributed by atoms with Crippen molar-refractivity contribution in [3.05, 3.63) is 27.2 Å². The first-order chi connectivity index (χ1) is 6.65. The van der Waals surface area contributed by atoms with Crippen LogP contribution in [0.4, 0.5) is 5.69 Å². The number of hydrogen-bond donors (Lipinski definition) is 1. The molecule has 1 rings (SSSR count). The number of ether oxygens (including phenoxy) is 1. The Morgan fingerprint density at radius 2 is 1.79 bits per heavy atom. The van der Waals surface area contributed by atoms with Crippen molar-refractivity contribution in [2.75, 3.05) is 25.6 Å². The van der Waals surface area contributed by atoms with Crippen LogP contribution in [-0.2, 0) is 4.74 Å². The number of methoxy groups -OCH3 is 1. The fourth-order valence-electron chi connectivity index (χ4n) is 0.946. The third-order valence-electron chi connectivity index (χ3n) is 1.63. The quantitative estimate of drug-likeness (QED) is 0.653. The van der Waals surface area contributed by atoms with Crippen molar-refractivity contribution in [1.29, 1.82) is 0 Å². The first-order valence-corrected chi connectivity index (χ1v) is 5.16. The maximum Gasteiger partial charge on any atom is 0.0653 e. The summed E-state index contributed by atoms with van der Waals surface area (Å²) in [5.74, 6) is 0. The van der Waals surface area contributed by atoms with Crippen molar-refractivity contribution >= 4 is 40.5 Å². The zero-order valence-corrected chi connectivity index (χ0v) is 9.88. The highest BCUT2D eigenvalue weighted by Gasteiger charge is 2.04. The van der Waals surface area contributed by atoms with Gasteiger partial charge in [0.15, 0.2) is 0 Å². The Morgan fingerprint density at radius 1 is 1.14 bits per heavy atom. The van der Waals surface area contributed by atoms with E-state index < -0.39 is 0 Å². The van der Waals surface area contributed by atoms with Gasteiger partial charge in [-0.3, -0.25) is 0 Å². The second-order valence-electron chi connectivity index (χ2n) is 2.67. The normalized spacial score (nSPS) is 10.3. The fourth-order valence-corrected chi connectivity index (χ4v) is 1.56. The average Bonchev–Trinajstić information content (AvgIpc) is 2.14. The highest BCUT2D eigenvalue weighted by atomic mass is 35.5. The highest BCUT2D eigenvalue weighted by molar-refractivity contribution is 6.44. The maximum atomic E-state index is 5.93. The number of halogens is 3. The molecule has 78 valence electrons. The molecule has 0 aliphatic carbocycles. The van der Waals surface area contributed by atoms with E-state index in [4.69, 9.17) is 39.5 Å². The Bertz CT molecular complexity index is 317. The summed E-state index contributed by atoms with van der Waals surface area (Å²) >= 11 is 17.5. The van der Waals surface area contributed by atoms with Gasteiger partial charge in [0, 0.05) is 13.7 Å². The molecule has 0 saturated carbocycles. The molecular weight excluding hydrogens is 244 g/mol. The van der Waals surface area contributed by atoms with Crippen LogP contribution in [0.25, 0.3) is 0 Å². The molecule has 0 heterocycles. The predicted octanol–water partition coefficient (Wildman–Crippen LogP) is 3.71. The van der Waals surface area contributed by atoms with Gasteiger partial charge in [0.2, 0.25) is 0 Å². The molecule has 0 aromatic heterocycles. The molecule has 1 aromatic carbocycles. The van der Waals surface area contributed by atoms with E-state index in [0.717, 1.165) is 5.69 Å². The minimum atomic E-state index is 0.453. The van der Waals surface area contributed by atoms with Crippen LogP contribution < -0.4 is 5.32 Å². The largest absolute Gasteiger partial charge is 0.383 e. The van der Waals surface area contributed by atoms with E-state index in [0.29, 0.717) is 28.2 Å². The minimum Gasteiger partial charge on any atom is -0.383 e. The minimum absolute atomic E-state index is 0.453. The SMILES string of the molecule is COCCNc1cc(Cl)c(Cl)cc1Cl. The molecule has 0 unspecified atom stereocenters. The zero-order chi connectivity index (χ0) is 10.6. The lowest BCUT2D eigenvalue weighted by molar-refractivity contribution is 0.211. The van der Waals surface area contributed by atoms with Crippen molar-refractivity contribution < 1.29 is 4.74 Å². The Kier molecular flexibility index (Phi) is 4.82. The molecule has 1 N–H and O–H groups in total. The molecule has 0 aliphatic rings. The lowest BCUT2D eigenvalue weighted by Crippen LogP contribution is -2.07. The van der Waals surface area contributed by atoms with Gasteiger partial charge in [0.1, 0.15) is 0 Å². The van der Waals surface area contributed by atoms with Crippen LogP contribution in [-0.4, -0.2) is 20.3 Å². The van der Waals surface area contributed by atoms with Gasteiger partial charge >= 0.3 is 0 Å². The third kappa shape index (κ3) is 3.21. The van der Waals surface area contributed by atoms with Crippen LogP contribution in [0.1, 0.15) is 0 Å². The van der Waals surface area contributed by atoms with Gasteiger partial charge in [-0.1, -0.05) is 34.8 Å². The van der Waals surface area contributed by atoms with Crippen LogP contribution in [0.3, 0.4) is 0 Å². The van der Waals surface area contributed by atoms with Crippen molar-refractivity contribution in [2.24, 2.45) is 0 Å². The number of anilines is 1. The Hall–Kier alpha value is -0.150. The smallest absolute Gasteiger partial charge is 0.0653 e. The first-order valence-electron chi connectivity index (χ1n) is 4.02. The molecule has 5 heteroatoms. The summed E-state index contributed by atoms with van der Waals surface area (Å²) in [5.41, 5.74) is 0.762. The van der Waals surface area contributed by atoms with Gasteiger partial charge in [0.25, 0.3) is 0 Å². The summed E-state index contributed by atoms with van der Waals surface area (Å²) in [4.78, 5) is 0. The summed E-state index contributed by atoms with van der Waals surface area (Å²) in [6, 6.07) is 3.31. The summed E-state index contributed by atoms with van der Waals surface area (Å²) in [5, 5.41) is 4.57. The monoisotopic (exact) mass is 253 g/mol. The Morgan fingerprint density at radius 3 is 2.43 bits per heavy atom. The molecular formula is C9H10Cl3NO. The lowest BCUT2D eigenvalue weighted by atomic mass is 10.3. The van der Waals surface area contributed by atoms with E-state index in [1.54, 1.807) is 19.2 Å². The van der Waals surface area contributed by atoms with Crippen molar-refractivity contribution in [2.45, 2.75) is 0 Å². The standard InChI is InChI=1S/C9H10Cl3NO/c1-14-3-2-13-9-5-7(11)6(10)4-8(9)12/h4-5,13H,2-3H2,1H3. The molecule has 0 spiro atoms. The van der Waals surface area contributed by atoms with Crippen molar-refractivity contribution in [1.82, 2.24) is 0 Å². The summed E-state index contributed by atoms with van der Waals surface area (Å²) in [6.07, 6.45) is 0. The van der Waals surface area contributed by atoms with E-state index in [9.17, 15) is 0 Å². The molecule has 0 atom stereocenters.